The number of rotatable bonds is 3. The van der Waals surface area contributed by atoms with Crippen molar-refractivity contribution in [2.75, 3.05) is 46.4 Å². The van der Waals surface area contributed by atoms with Gasteiger partial charge in [-0.1, -0.05) is 0 Å². The van der Waals surface area contributed by atoms with Crippen LogP contribution in [0.15, 0.2) is 4.99 Å². The molecule has 2 aliphatic rings. The second-order valence-corrected chi connectivity index (χ2v) is 7.51. The van der Waals surface area contributed by atoms with Crippen molar-refractivity contribution < 1.29 is 14.3 Å². The lowest BCUT2D eigenvalue weighted by Gasteiger charge is -2.37. The molecule has 0 saturated carbocycles. The first-order valence-corrected chi connectivity index (χ1v) is 8.97. The van der Waals surface area contributed by atoms with Crippen LogP contribution in [0, 0.1) is 0 Å². The first kappa shape index (κ1) is 19.5. The SMILES string of the molecule is CN=C(NCC(=O)NC(C)(C)C)N1CCN(C(=O)C2CCCO2)CC1. The van der Waals surface area contributed by atoms with Crippen molar-refractivity contribution in [3.63, 3.8) is 0 Å². The van der Waals surface area contributed by atoms with E-state index >= 15 is 0 Å². The zero-order chi connectivity index (χ0) is 18.4. The molecule has 0 radical (unpaired) electrons. The monoisotopic (exact) mass is 353 g/mol. The molecule has 0 aliphatic carbocycles. The van der Waals surface area contributed by atoms with Crippen molar-refractivity contribution >= 4 is 17.8 Å². The number of nitrogens with one attached hydrogen (secondary N) is 2. The number of aliphatic imine (C=N–C) groups is 1. The summed E-state index contributed by atoms with van der Waals surface area (Å²) < 4.78 is 5.48. The molecule has 8 nitrogen and oxygen atoms in total. The summed E-state index contributed by atoms with van der Waals surface area (Å²) in [6.45, 7) is 9.39. The fourth-order valence-corrected chi connectivity index (χ4v) is 3.07. The Morgan fingerprint density at radius 2 is 1.80 bits per heavy atom. The van der Waals surface area contributed by atoms with E-state index in [-0.39, 0.29) is 30.0 Å². The Hall–Kier alpha value is -1.83. The largest absolute Gasteiger partial charge is 0.368 e. The zero-order valence-electron chi connectivity index (χ0n) is 15.8. The molecule has 142 valence electrons. The summed E-state index contributed by atoms with van der Waals surface area (Å²) in [6, 6.07) is 0. The van der Waals surface area contributed by atoms with E-state index < -0.39 is 0 Å². The number of nitrogens with zero attached hydrogens (tertiary/aromatic N) is 3. The van der Waals surface area contributed by atoms with Crippen molar-refractivity contribution in [1.82, 2.24) is 20.4 Å². The molecule has 25 heavy (non-hydrogen) atoms. The number of carbonyl (C=O) groups is 2. The van der Waals surface area contributed by atoms with E-state index in [1.807, 2.05) is 25.7 Å². The lowest BCUT2D eigenvalue weighted by Crippen LogP contribution is -2.56. The average Bonchev–Trinajstić information content (AvgIpc) is 3.08. The standard InChI is InChI=1S/C17H31N5O3/c1-17(2,3)20-14(23)12-19-16(18-4)22-9-7-21(8-10-22)15(24)13-6-5-11-25-13/h13H,5-12H2,1-4H3,(H,18,19)(H,20,23). The maximum absolute atomic E-state index is 12.4. The number of piperazine rings is 1. The fraction of sp³-hybridized carbons (Fsp3) is 0.824. The van der Waals surface area contributed by atoms with Crippen LogP contribution in [0.25, 0.3) is 0 Å². The van der Waals surface area contributed by atoms with E-state index in [1.165, 1.54) is 0 Å². The Bertz CT molecular complexity index is 501. The van der Waals surface area contributed by atoms with E-state index in [0.29, 0.717) is 38.7 Å². The van der Waals surface area contributed by atoms with Gasteiger partial charge in [-0.2, -0.15) is 0 Å². The van der Waals surface area contributed by atoms with E-state index in [2.05, 4.69) is 20.5 Å². The number of hydrogen-bond acceptors (Lipinski definition) is 4. The van der Waals surface area contributed by atoms with Crippen molar-refractivity contribution in [1.29, 1.82) is 0 Å². The molecule has 8 heteroatoms. The van der Waals surface area contributed by atoms with Crippen LogP contribution >= 0.6 is 0 Å². The predicted molar refractivity (Wildman–Crippen MR) is 96.4 cm³/mol. The summed E-state index contributed by atoms with van der Waals surface area (Å²) in [4.78, 5) is 32.5. The molecular weight excluding hydrogens is 322 g/mol. The number of guanidine groups is 1. The lowest BCUT2D eigenvalue weighted by molar-refractivity contribution is -0.142. The summed E-state index contributed by atoms with van der Waals surface area (Å²) in [5.74, 6) is 0.721. The van der Waals surface area contributed by atoms with Crippen LogP contribution in [-0.4, -0.2) is 85.6 Å². The lowest BCUT2D eigenvalue weighted by atomic mass is 10.1. The van der Waals surface area contributed by atoms with Gasteiger partial charge in [0.25, 0.3) is 5.91 Å². The second kappa shape index (κ2) is 8.51. The molecule has 2 fully saturated rings. The highest BCUT2D eigenvalue weighted by molar-refractivity contribution is 5.87. The molecule has 0 aromatic rings. The van der Waals surface area contributed by atoms with Gasteiger partial charge in [0.1, 0.15) is 6.10 Å². The van der Waals surface area contributed by atoms with Crippen molar-refractivity contribution in [3.05, 3.63) is 0 Å². The molecule has 0 aromatic carbocycles. The topological polar surface area (TPSA) is 86.3 Å². The van der Waals surface area contributed by atoms with Gasteiger partial charge in [-0.25, -0.2) is 0 Å². The first-order chi connectivity index (χ1) is 11.8. The van der Waals surface area contributed by atoms with Gasteiger partial charge in [-0.15, -0.1) is 0 Å². The Labute approximate surface area is 150 Å². The smallest absolute Gasteiger partial charge is 0.251 e. The van der Waals surface area contributed by atoms with Gasteiger partial charge >= 0.3 is 0 Å². The molecule has 0 aromatic heterocycles. The highest BCUT2D eigenvalue weighted by Crippen LogP contribution is 2.16. The van der Waals surface area contributed by atoms with Crippen molar-refractivity contribution in [2.45, 2.75) is 45.3 Å². The Morgan fingerprint density at radius 1 is 1.16 bits per heavy atom. The Balaban J connectivity index is 1.77. The zero-order valence-corrected chi connectivity index (χ0v) is 15.8. The molecule has 2 amide bonds. The van der Waals surface area contributed by atoms with Crippen LogP contribution in [0.4, 0.5) is 0 Å². The molecule has 1 unspecified atom stereocenters. The molecule has 1 atom stereocenters. The third-order valence-electron chi connectivity index (χ3n) is 4.23. The van der Waals surface area contributed by atoms with Crippen LogP contribution in [0.5, 0.6) is 0 Å². The minimum atomic E-state index is -0.259. The molecule has 2 aliphatic heterocycles. The van der Waals surface area contributed by atoms with Crippen molar-refractivity contribution in [2.24, 2.45) is 4.99 Å². The number of hydrogen-bond donors (Lipinski definition) is 2. The third kappa shape index (κ3) is 5.88. The van der Waals surface area contributed by atoms with Gasteiger partial charge in [0.2, 0.25) is 5.91 Å². The van der Waals surface area contributed by atoms with Crippen LogP contribution in [0.3, 0.4) is 0 Å². The molecule has 0 bridgehead atoms. The molecule has 0 spiro atoms. The summed E-state index contributed by atoms with van der Waals surface area (Å²) in [5.41, 5.74) is -0.253. The number of amides is 2. The number of ether oxygens (including phenoxy) is 1. The quantitative estimate of drug-likeness (QED) is 0.542. The van der Waals surface area contributed by atoms with Crippen LogP contribution in [-0.2, 0) is 14.3 Å². The Kier molecular flexibility index (Phi) is 6.64. The summed E-state index contributed by atoms with van der Waals surface area (Å²) in [5, 5.41) is 6.01. The highest BCUT2D eigenvalue weighted by atomic mass is 16.5. The van der Waals surface area contributed by atoms with E-state index in [9.17, 15) is 9.59 Å². The normalized spacial score (nSPS) is 22.1. The van der Waals surface area contributed by atoms with Gasteiger partial charge in [-0.05, 0) is 33.6 Å². The van der Waals surface area contributed by atoms with Gasteiger partial charge in [-0.3, -0.25) is 14.6 Å². The van der Waals surface area contributed by atoms with Gasteiger partial charge in [0, 0.05) is 45.4 Å². The van der Waals surface area contributed by atoms with Gasteiger partial charge in [0.15, 0.2) is 5.96 Å². The predicted octanol–water partition coefficient (Wildman–Crippen LogP) is -0.200. The van der Waals surface area contributed by atoms with E-state index in [0.717, 1.165) is 12.8 Å². The maximum Gasteiger partial charge on any atom is 0.251 e. The summed E-state index contributed by atoms with van der Waals surface area (Å²) >= 11 is 0. The van der Waals surface area contributed by atoms with E-state index in [4.69, 9.17) is 4.74 Å². The number of carbonyl (C=O) groups excluding carboxylic acids is 2. The molecule has 2 rings (SSSR count). The maximum atomic E-state index is 12.4. The van der Waals surface area contributed by atoms with Crippen LogP contribution < -0.4 is 10.6 Å². The minimum Gasteiger partial charge on any atom is -0.368 e. The second-order valence-electron chi connectivity index (χ2n) is 7.51. The van der Waals surface area contributed by atoms with Crippen LogP contribution in [0.1, 0.15) is 33.6 Å². The Morgan fingerprint density at radius 3 is 2.32 bits per heavy atom. The highest BCUT2D eigenvalue weighted by Gasteiger charge is 2.31. The minimum absolute atomic E-state index is 0.0687. The summed E-state index contributed by atoms with van der Waals surface area (Å²) in [7, 11) is 1.70. The van der Waals surface area contributed by atoms with Crippen LogP contribution in [0.2, 0.25) is 0 Å². The van der Waals surface area contributed by atoms with Crippen molar-refractivity contribution in [3.8, 4) is 0 Å². The first-order valence-electron chi connectivity index (χ1n) is 8.97. The average molecular weight is 353 g/mol. The molecule has 2 N–H and O–H groups in total. The van der Waals surface area contributed by atoms with Gasteiger partial charge < -0.3 is 25.2 Å². The molecule has 2 heterocycles. The molecular formula is C17H31N5O3. The fourth-order valence-electron chi connectivity index (χ4n) is 3.07. The summed E-state index contributed by atoms with van der Waals surface area (Å²) in [6.07, 6.45) is 1.53. The van der Waals surface area contributed by atoms with E-state index in [1.54, 1.807) is 7.05 Å². The third-order valence-corrected chi connectivity index (χ3v) is 4.23. The molecule has 2 saturated heterocycles. The van der Waals surface area contributed by atoms with Gasteiger partial charge in [0.05, 0.1) is 6.54 Å².